The van der Waals surface area contributed by atoms with Crippen LogP contribution in [0.2, 0.25) is 0 Å². The highest BCUT2D eigenvalue weighted by Gasteiger charge is 2.21. The maximum Gasteiger partial charge on any atom is 0.274 e. The van der Waals surface area contributed by atoms with E-state index in [1.165, 1.54) is 18.4 Å². The summed E-state index contributed by atoms with van der Waals surface area (Å²) in [5, 5.41) is 24.5. The predicted octanol–water partition coefficient (Wildman–Crippen LogP) is 1.96. The largest absolute Gasteiger partial charge is 0.501 e. The highest BCUT2D eigenvalue weighted by molar-refractivity contribution is 7.13. The maximum atomic E-state index is 12.5. The number of rotatable bonds is 6. The number of ether oxygens (including phenoxy) is 2. The molecule has 140 valence electrons. The van der Waals surface area contributed by atoms with Crippen molar-refractivity contribution in [3.63, 3.8) is 0 Å². The van der Waals surface area contributed by atoms with Gasteiger partial charge in [-0.1, -0.05) is 0 Å². The van der Waals surface area contributed by atoms with E-state index in [2.05, 4.69) is 20.3 Å². The summed E-state index contributed by atoms with van der Waals surface area (Å²) < 4.78 is 10.4. The van der Waals surface area contributed by atoms with Crippen molar-refractivity contribution in [2.24, 2.45) is 0 Å². The topological polar surface area (TPSA) is 127 Å². The van der Waals surface area contributed by atoms with Crippen molar-refractivity contribution in [1.29, 1.82) is 0 Å². The number of hydrogen-bond acceptors (Lipinski definition) is 9. The van der Waals surface area contributed by atoms with Gasteiger partial charge in [-0.3, -0.25) is 4.79 Å². The second kappa shape index (κ2) is 7.87. The Balaban J connectivity index is 1.83. The van der Waals surface area contributed by atoms with Crippen LogP contribution in [0.4, 0.5) is 0 Å². The molecule has 3 N–H and O–H groups in total. The highest BCUT2D eigenvalue weighted by Crippen LogP contribution is 2.30. The Labute approximate surface area is 158 Å². The van der Waals surface area contributed by atoms with E-state index in [0.29, 0.717) is 22.1 Å². The molecule has 10 heteroatoms. The smallest absolute Gasteiger partial charge is 0.274 e. The molecule has 0 aliphatic carbocycles. The summed E-state index contributed by atoms with van der Waals surface area (Å²) in [6.45, 7) is 0.114. The van der Waals surface area contributed by atoms with Crippen LogP contribution in [-0.2, 0) is 6.54 Å². The summed E-state index contributed by atoms with van der Waals surface area (Å²) in [7, 11) is 3.05. The molecule has 0 spiro atoms. The second-order valence-electron chi connectivity index (χ2n) is 5.27. The van der Waals surface area contributed by atoms with Crippen molar-refractivity contribution >= 4 is 17.2 Å². The first-order chi connectivity index (χ1) is 13.0. The third-order valence-corrected chi connectivity index (χ3v) is 4.41. The fourth-order valence-electron chi connectivity index (χ4n) is 2.29. The lowest BCUT2D eigenvalue weighted by Crippen LogP contribution is -2.24. The summed E-state index contributed by atoms with van der Waals surface area (Å²) in [5.41, 5.74) is 0.352. The van der Waals surface area contributed by atoms with Gasteiger partial charge in [0.25, 0.3) is 11.8 Å². The second-order valence-corrected chi connectivity index (χ2v) is 6.16. The molecule has 0 saturated carbocycles. The van der Waals surface area contributed by atoms with E-state index in [1.54, 1.807) is 36.9 Å². The van der Waals surface area contributed by atoms with Crippen molar-refractivity contribution in [2.45, 2.75) is 6.54 Å². The van der Waals surface area contributed by atoms with Gasteiger partial charge in [0, 0.05) is 29.8 Å². The minimum Gasteiger partial charge on any atom is -0.501 e. The molecule has 0 radical (unpaired) electrons. The molecule has 0 unspecified atom stereocenters. The van der Waals surface area contributed by atoms with E-state index in [4.69, 9.17) is 9.47 Å². The molecule has 0 aliphatic heterocycles. The molecule has 2 heterocycles. The Hall–Kier alpha value is -3.40. The molecule has 1 aromatic carbocycles. The van der Waals surface area contributed by atoms with Gasteiger partial charge in [-0.15, -0.1) is 11.3 Å². The zero-order chi connectivity index (χ0) is 19.4. The fraction of sp³-hybridized carbons (Fsp3) is 0.176. The standard InChI is InChI=1S/C17H16N4O5S/c1-25-10-4-3-9(11(7-10)26-2)8-19-15(23)12-13(22)16(24)21-14(20-12)17-18-5-6-27-17/h3-7,22H,8H2,1-2H3,(H,19,23)(H,20,21,24). The zero-order valence-electron chi connectivity index (χ0n) is 14.5. The first-order valence-corrected chi connectivity index (χ1v) is 8.60. The molecule has 3 rings (SSSR count). The van der Waals surface area contributed by atoms with Gasteiger partial charge in [0.15, 0.2) is 16.5 Å². The summed E-state index contributed by atoms with van der Waals surface area (Å²) >= 11 is 1.24. The van der Waals surface area contributed by atoms with Crippen molar-refractivity contribution in [3.8, 4) is 34.0 Å². The monoisotopic (exact) mass is 388 g/mol. The molecule has 0 atom stereocenters. The normalized spacial score (nSPS) is 10.4. The van der Waals surface area contributed by atoms with E-state index in [-0.39, 0.29) is 18.1 Å². The predicted molar refractivity (Wildman–Crippen MR) is 97.2 cm³/mol. The van der Waals surface area contributed by atoms with Gasteiger partial charge in [-0.2, -0.15) is 4.98 Å². The molecule has 3 aromatic rings. The molecule has 2 aromatic heterocycles. The lowest BCUT2D eigenvalue weighted by Gasteiger charge is -2.12. The van der Waals surface area contributed by atoms with Crippen LogP contribution in [0.3, 0.4) is 0 Å². The van der Waals surface area contributed by atoms with Gasteiger partial charge in [-0.05, 0) is 12.1 Å². The van der Waals surface area contributed by atoms with Gasteiger partial charge in [0.2, 0.25) is 5.75 Å². The Morgan fingerprint density at radius 3 is 2.70 bits per heavy atom. The Morgan fingerprint density at radius 2 is 2.04 bits per heavy atom. The van der Waals surface area contributed by atoms with Gasteiger partial charge in [0.05, 0.1) is 14.2 Å². The van der Waals surface area contributed by atoms with E-state index in [9.17, 15) is 15.0 Å². The highest BCUT2D eigenvalue weighted by atomic mass is 32.1. The summed E-state index contributed by atoms with van der Waals surface area (Å²) in [4.78, 5) is 24.3. The van der Waals surface area contributed by atoms with Crippen LogP contribution in [0, 0.1) is 0 Å². The zero-order valence-corrected chi connectivity index (χ0v) is 15.3. The number of nitrogens with zero attached hydrogens (tertiary/aromatic N) is 3. The number of benzene rings is 1. The molecular formula is C17H16N4O5S. The quantitative estimate of drug-likeness (QED) is 0.585. The van der Waals surface area contributed by atoms with Crippen molar-refractivity contribution in [2.75, 3.05) is 14.2 Å². The van der Waals surface area contributed by atoms with E-state index in [0.717, 1.165) is 0 Å². The van der Waals surface area contributed by atoms with Crippen LogP contribution in [0.1, 0.15) is 16.1 Å². The van der Waals surface area contributed by atoms with E-state index < -0.39 is 17.5 Å². The first kappa shape index (κ1) is 18.4. The number of aromatic hydroxyl groups is 2. The molecule has 0 saturated heterocycles. The minimum absolute atomic E-state index is 0.0486. The van der Waals surface area contributed by atoms with Crippen molar-refractivity contribution in [1.82, 2.24) is 20.3 Å². The molecule has 27 heavy (non-hydrogen) atoms. The molecule has 9 nitrogen and oxygen atoms in total. The molecule has 0 fully saturated rings. The number of carbonyl (C=O) groups excluding carboxylic acids is 1. The van der Waals surface area contributed by atoms with Gasteiger partial charge in [-0.25, -0.2) is 9.97 Å². The van der Waals surface area contributed by atoms with Crippen molar-refractivity contribution < 1.29 is 24.5 Å². The number of aromatic nitrogens is 3. The van der Waals surface area contributed by atoms with Crippen LogP contribution in [0.5, 0.6) is 23.1 Å². The SMILES string of the molecule is COc1ccc(CNC(=O)c2nc(-c3nccs3)nc(O)c2O)c(OC)c1. The Bertz CT molecular complexity index is 962. The summed E-state index contributed by atoms with van der Waals surface area (Å²) in [6.07, 6.45) is 1.54. The van der Waals surface area contributed by atoms with Crippen molar-refractivity contribution in [3.05, 3.63) is 41.0 Å². The first-order valence-electron chi connectivity index (χ1n) is 7.72. The number of thiazole rings is 1. The van der Waals surface area contributed by atoms with Gasteiger partial charge in [0.1, 0.15) is 11.5 Å². The number of nitrogens with one attached hydrogen (secondary N) is 1. The average molecular weight is 388 g/mol. The fourth-order valence-corrected chi connectivity index (χ4v) is 2.86. The number of amides is 1. The van der Waals surface area contributed by atoms with Crippen LogP contribution in [0.15, 0.2) is 29.8 Å². The van der Waals surface area contributed by atoms with Gasteiger partial charge < -0.3 is 25.0 Å². The Kier molecular flexibility index (Phi) is 5.36. The summed E-state index contributed by atoms with van der Waals surface area (Å²) in [6, 6.07) is 5.17. The average Bonchev–Trinajstić information content (AvgIpc) is 3.22. The van der Waals surface area contributed by atoms with Crippen LogP contribution >= 0.6 is 11.3 Å². The third-order valence-electron chi connectivity index (χ3n) is 3.64. The number of carbonyl (C=O) groups is 1. The number of methoxy groups -OCH3 is 2. The number of hydrogen-bond donors (Lipinski definition) is 3. The van der Waals surface area contributed by atoms with Crippen LogP contribution < -0.4 is 14.8 Å². The van der Waals surface area contributed by atoms with E-state index in [1.807, 2.05) is 0 Å². The van der Waals surface area contributed by atoms with Gasteiger partial charge >= 0.3 is 0 Å². The minimum atomic E-state index is -0.700. The van der Waals surface area contributed by atoms with Crippen LogP contribution in [0.25, 0.3) is 10.8 Å². The molecule has 1 amide bonds. The molecule has 0 aliphatic rings. The molecule has 0 bridgehead atoms. The maximum absolute atomic E-state index is 12.5. The van der Waals surface area contributed by atoms with E-state index >= 15 is 0 Å². The summed E-state index contributed by atoms with van der Waals surface area (Å²) in [5.74, 6) is -0.869. The lowest BCUT2D eigenvalue weighted by molar-refractivity contribution is 0.0941. The lowest BCUT2D eigenvalue weighted by atomic mass is 10.2. The molecular weight excluding hydrogens is 372 g/mol. The third kappa shape index (κ3) is 3.90. The Morgan fingerprint density at radius 1 is 1.22 bits per heavy atom. The van der Waals surface area contributed by atoms with Crippen LogP contribution in [-0.4, -0.2) is 45.3 Å².